The van der Waals surface area contributed by atoms with Crippen molar-refractivity contribution in [3.8, 4) is 11.5 Å². The van der Waals surface area contributed by atoms with Crippen LogP contribution in [-0.2, 0) is 5.60 Å². The molecule has 0 saturated heterocycles. The molecule has 4 rings (SSSR count). The molecule has 3 aromatic heterocycles. The monoisotopic (exact) mass is 403 g/mol. The fourth-order valence-corrected chi connectivity index (χ4v) is 3.27. The third-order valence-corrected chi connectivity index (χ3v) is 4.75. The highest BCUT2D eigenvalue weighted by Crippen LogP contribution is 2.27. The lowest BCUT2D eigenvalue weighted by Gasteiger charge is -2.17. The first kappa shape index (κ1) is 18.6. The highest BCUT2D eigenvalue weighted by molar-refractivity contribution is 6.31. The summed E-state index contributed by atoms with van der Waals surface area (Å²) in [5.74, 6) is 0.105. The molecule has 4 aromatic rings. The number of fused-ring (bicyclic) bond motifs is 3. The average Bonchev–Trinajstić information content (AvgIpc) is 3.28. The van der Waals surface area contributed by atoms with E-state index in [9.17, 15) is 15.0 Å². The molecule has 0 bridgehead atoms. The molecule has 0 spiro atoms. The molecule has 28 heavy (non-hydrogen) atoms. The van der Waals surface area contributed by atoms with Crippen LogP contribution in [-0.4, -0.2) is 40.9 Å². The molecule has 0 aliphatic carbocycles. The number of halogens is 1. The molecule has 0 aliphatic heterocycles. The zero-order chi connectivity index (χ0) is 20.2. The predicted octanol–water partition coefficient (Wildman–Crippen LogP) is 2.13. The minimum Gasteiger partial charge on any atom is -0.394 e. The molecule has 1 atom stereocenters. The van der Waals surface area contributed by atoms with Gasteiger partial charge in [0.05, 0.1) is 23.7 Å². The lowest BCUT2D eigenvalue weighted by molar-refractivity contribution is 0.0420. The van der Waals surface area contributed by atoms with Crippen LogP contribution in [0.25, 0.3) is 28.1 Å². The average molecular weight is 404 g/mol. The number of aliphatic hydroxyl groups is 2. The summed E-state index contributed by atoms with van der Waals surface area (Å²) in [5.41, 5.74) is 0.0113. The molecule has 0 amide bonds. The van der Waals surface area contributed by atoms with Crippen LogP contribution in [0.5, 0.6) is 0 Å². The quantitative estimate of drug-likeness (QED) is 0.535. The van der Waals surface area contributed by atoms with Crippen molar-refractivity contribution < 1.29 is 14.7 Å². The summed E-state index contributed by atoms with van der Waals surface area (Å²) in [6.07, 6.45) is 1.50. The Bertz CT molecular complexity index is 1250. The van der Waals surface area contributed by atoms with E-state index >= 15 is 0 Å². The smallest absolute Gasteiger partial charge is 0.278 e. The number of imidazole rings is 1. The molecule has 10 heteroatoms. The summed E-state index contributed by atoms with van der Waals surface area (Å²) in [7, 11) is 0. The van der Waals surface area contributed by atoms with Crippen molar-refractivity contribution in [3.63, 3.8) is 0 Å². The number of rotatable bonds is 4. The van der Waals surface area contributed by atoms with Gasteiger partial charge in [-0.15, -0.1) is 0 Å². The van der Waals surface area contributed by atoms with E-state index in [2.05, 4.69) is 15.1 Å². The number of benzene rings is 1. The zero-order valence-corrected chi connectivity index (χ0v) is 16.2. The molecule has 1 unspecified atom stereocenters. The Labute approximate surface area is 163 Å². The van der Waals surface area contributed by atoms with E-state index in [0.29, 0.717) is 16.1 Å². The molecule has 2 N–H and O–H groups in total. The van der Waals surface area contributed by atoms with Gasteiger partial charge in [0.15, 0.2) is 0 Å². The van der Waals surface area contributed by atoms with Crippen molar-refractivity contribution >= 4 is 28.2 Å². The van der Waals surface area contributed by atoms with Gasteiger partial charge in [-0.2, -0.15) is 4.98 Å². The molecule has 3 heterocycles. The lowest BCUT2D eigenvalue weighted by atomic mass is 10.1. The SMILES string of the molecule is CC(CO)n1c(=O)c2c(-c3noc(C(C)(C)O)n3)ncn2c2ccc(Cl)cc21. The normalized spacial score (nSPS) is 13.5. The van der Waals surface area contributed by atoms with Crippen LogP contribution in [0, 0.1) is 0 Å². The van der Waals surface area contributed by atoms with Crippen molar-refractivity contribution in [2.45, 2.75) is 32.4 Å². The van der Waals surface area contributed by atoms with Crippen LogP contribution in [0.1, 0.15) is 32.7 Å². The molecule has 0 aliphatic rings. The molecule has 9 nitrogen and oxygen atoms in total. The van der Waals surface area contributed by atoms with E-state index < -0.39 is 11.6 Å². The number of aromatic nitrogens is 5. The summed E-state index contributed by atoms with van der Waals surface area (Å²) in [6.45, 7) is 4.53. The van der Waals surface area contributed by atoms with E-state index in [1.54, 1.807) is 29.5 Å². The highest BCUT2D eigenvalue weighted by Gasteiger charge is 2.27. The maximum absolute atomic E-state index is 13.3. The molecular formula is C18H18ClN5O4. The maximum atomic E-state index is 13.3. The fraction of sp³-hybridized carbons (Fsp3) is 0.333. The molecular weight excluding hydrogens is 386 g/mol. The van der Waals surface area contributed by atoms with Crippen LogP contribution in [0.2, 0.25) is 5.02 Å². The van der Waals surface area contributed by atoms with Gasteiger partial charge in [-0.1, -0.05) is 16.8 Å². The summed E-state index contributed by atoms with van der Waals surface area (Å²) < 4.78 is 8.22. The second kappa shape index (κ2) is 6.40. The Morgan fingerprint density at radius 1 is 1.32 bits per heavy atom. The van der Waals surface area contributed by atoms with E-state index in [1.807, 2.05) is 0 Å². The molecule has 0 fully saturated rings. The van der Waals surface area contributed by atoms with Crippen LogP contribution in [0.3, 0.4) is 0 Å². The Morgan fingerprint density at radius 2 is 2.07 bits per heavy atom. The largest absolute Gasteiger partial charge is 0.394 e. The van der Waals surface area contributed by atoms with Gasteiger partial charge in [0, 0.05) is 5.02 Å². The highest BCUT2D eigenvalue weighted by atomic mass is 35.5. The lowest BCUT2D eigenvalue weighted by Crippen LogP contribution is -2.27. The van der Waals surface area contributed by atoms with Crippen molar-refractivity contribution in [1.29, 1.82) is 0 Å². The van der Waals surface area contributed by atoms with E-state index in [4.69, 9.17) is 16.1 Å². The summed E-state index contributed by atoms with van der Waals surface area (Å²) in [5, 5.41) is 24.1. The Kier molecular flexibility index (Phi) is 4.25. The maximum Gasteiger partial charge on any atom is 0.278 e. The van der Waals surface area contributed by atoms with Gasteiger partial charge in [0.2, 0.25) is 5.82 Å². The van der Waals surface area contributed by atoms with Gasteiger partial charge in [-0.05, 0) is 39.0 Å². The van der Waals surface area contributed by atoms with Gasteiger partial charge >= 0.3 is 0 Å². The second-order valence-electron chi connectivity index (χ2n) is 7.13. The van der Waals surface area contributed by atoms with Crippen LogP contribution in [0.15, 0.2) is 33.8 Å². The molecule has 0 saturated carbocycles. The summed E-state index contributed by atoms with van der Waals surface area (Å²) in [4.78, 5) is 21.8. The number of hydrogen-bond donors (Lipinski definition) is 2. The van der Waals surface area contributed by atoms with Crippen molar-refractivity contribution in [1.82, 2.24) is 24.1 Å². The van der Waals surface area contributed by atoms with Crippen molar-refractivity contribution in [2.24, 2.45) is 0 Å². The standard InChI is InChI=1S/C18H18ClN5O4/c1-9(7-25)24-12-6-10(19)4-5-11(12)23-8-20-13(14(23)16(24)26)15-21-17(28-22-15)18(2,3)27/h4-6,8-9,25,27H,7H2,1-3H3. The molecule has 0 radical (unpaired) electrons. The first-order valence-electron chi connectivity index (χ1n) is 8.61. The van der Waals surface area contributed by atoms with Crippen LogP contribution in [0.4, 0.5) is 0 Å². The topological polar surface area (TPSA) is 119 Å². The van der Waals surface area contributed by atoms with Crippen molar-refractivity contribution in [2.75, 3.05) is 6.61 Å². The minimum atomic E-state index is -1.32. The fourth-order valence-electron chi connectivity index (χ4n) is 3.10. The Hall–Kier alpha value is -2.75. The first-order chi connectivity index (χ1) is 13.2. The van der Waals surface area contributed by atoms with E-state index in [0.717, 1.165) is 0 Å². The number of nitrogens with zero attached hydrogens (tertiary/aromatic N) is 5. The van der Waals surface area contributed by atoms with E-state index in [1.165, 1.54) is 24.7 Å². The first-order valence-corrected chi connectivity index (χ1v) is 8.98. The Balaban J connectivity index is 2.08. The number of hydrogen-bond acceptors (Lipinski definition) is 7. The van der Waals surface area contributed by atoms with Gasteiger partial charge in [-0.25, -0.2) is 4.98 Å². The van der Waals surface area contributed by atoms with Gasteiger partial charge in [-0.3, -0.25) is 13.8 Å². The summed E-state index contributed by atoms with van der Waals surface area (Å²) in [6, 6.07) is 4.67. The van der Waals surface area contributed by atoms with Crippen molar-refractivity contribution in [3.05, 3.63) is 45.8 Å². The third kappa shape index (κ3) is 2.79. The third-order valence-electron chi connectivity index (χ3n) is 4.51. The minimum absolute atomic E-state index is 0.0141. The van der Waals surface area contributed by atoms with Gasteiger partial charge < -0.3 is 14.7 Å². The second-order valence-corrected chi connectivity index (χ2v) is 7.57. The van der Waals surface area contributed by atoms with Crippen LogP contribution >= 0.6 is 11.6 Å². The molecule has 146 valence electrons. The van der Waals surface area contributed by atoms with Gasteiger partial charge in [0.25, 0.3) is 11.4 Å². The number of aliphatic hydroxyl groups excluding tert-OH is 1. The van der Waals surface area contributed by atoms with Gasteiger partial charge in [0.1, 0.15) is 23.1 Å². The predicted molar refractivity (Wildman–Crippen MR) is 102 cm³/mol. The zero-order valence-electron chi connectivity index (χ0n) is 15.4. The van der Waals surface area contributed by atoms with Crippen LogP contribution < -0.4 is 5.56 Å². The van der Waals surface area contributed by atoms with E-state index in [-0.39, 0.29) is 35.1 Å². The Morgan fingerprint density at radius 3 is 2.71 bits per heavy atom. The molecule has 1 aromatic carbocycles. The summed E-state index contributed by atoms with van der Waals surface area (Å²) >= 11 is 6.13.